The summed E-state index contributed by atoms with van der Waals surface area (Å²) >= 11 is 0. The summed E-state index contributed by atoms with van der Waals surface area (Å²) in [5.74, 6) is -0.281. The molecule has 3 aromatic carbocycles. The van der Waals surface area contributed by atoms with Gasteiger partial charge in [0.15, 0.2) is 5.43 Å². The zero-order chi connectivity index (χ0) is 21.1. The summed E-state index contributed by atoms with van der Waals surface area (Å²) in [6.45, 7) is 1.93. The minimum absolute atomic E-state index is 0.0304. The Morgan fingerprint density at radius 3 is 1.97 bits per heavy atom. The molecule has 0 aliphatic heterocycles. The fourth-order valence-corrected chi connectivity index (χ4v) is 3.56. The number of aromatic nitrogens is 1. The summed E-state index contributed by atoms with van der Waals surface area (Å²) in [4.78, 5) is 36.6. The number of carbonyl (C=O) groups is 2. The molecule has 6 heteroatoms. The molecule has 0 atom stereocenters. The lowest BCUT2D eigenvalue weighted by Gasteiger charge is -2.15. The molecule has 4 aromatic rings. The van der Waals surface area contributed by atoms with Gasteiger partial charge in [0.25, 0.3) is 0 Å². The molecule has 150 valence electrons. The monoisotopic (exact) mass is 399 g/mol. The average molecular weight is 399 g/mol. The van der Waals surface area contributed by atoms with E-state index in [0.29, 0.717) is 23.0 Å². The second-order valence-electron chi connectivity index (χ2n) is 7.10. The third-order valence-electron chi connectivity index (χ3n) is 4.94. The standard InChI is InChI=1S/C24H21N3O3/c1-16(28)26-18-12-10-17(11-13-18)14-25-23(29)15-27-21-8-4-2-6-19(21)24(30)20-7-3-5-9-22(20)27/h2-13H,14-15H2,1H3,(H,25,29)(H,26,28). The number of para-hydroxylation sites is 2. The zero-order valence-electron chi connectivity index (χ0n) is 16.5. The van der Waals surface area contributed by atoms with Crippen LogP contribution in [0.4, 0.5) is 5.69 Å². The maximum atomic E-state index is 12.8. The highest BCUT2D eigenvalue weighted by Gasteiger charge is 2.12. The lowest BCUT2D eigenvalue weighted by molar-refractivity contribution is -0.121. The molecule has 6 nitrogen and oxygen atoms in total. The minimum atomic E-state index is -0.153. The van der Waals surface area contributed by atoms with Crippen molar-refractivity contribution in [3.05, 3.63) is 88.6 Å². The summed E-state index contributed by atoms with van der Waals surface area (Å²) in [6.07, 6.45) is 0. The number of nitrogens with zero attached hydrogens (tertiary/aromatic N) is 1. The highest BCUT2D eigenvalue weighted by atomic mass is 16.2. The van der Waals surface area contributed by atoms with Crippen LogP contribution in [-0.4, -0.2) is 16.4 Å². The topological polar surface area (TPSA) is 80.2 Å². The van der Waals surface area contributed by atoms with Crippen molar-refractivity contribution >= 4 is 39.3 Å². The van der Waals surface area contributed by atoms with Crippen molar-refractivity contribution in [2.45, 2.75) is 20.0 Å². The molecule has 4 rings (SSSR count). The van der Waals surface area contributed by atoms with Gasteiger partial charge in [-0.1, -0.05) is 36.4 Å². The van der Waals surface area contributed by atoms with Crippen molar-refractivity contribution in [1.82, 2.24) is 9.88 Å². The van der Waals surface area contributed by atoms with E-state index in [1.54, 1.807) is 24.3 Å². The van der Waals surface area contributed by atoms with Gasteiger partial charge in [0, 0.05) is 29.9 Å². The number of hydrogen-bond acceptors (Lipinski definition) is 3. The molecule has 0 aliphatic carbocycles. The molecule has 2 amide bonds. The van der Waals surface area contributed by atoms with Crippen molar-refractivity contribution < 1.29 is 9.59 Å². The third kappa shape index (κ3) is 3.93. The number of nitrogens with one attached hydrogen (secondary N) is 2. The van der Waals surface area contributed by atoms with E-state index in [0.717, 1.165) is 16.6 Å². The highest BCUT2D eigenvalue weighted by molar-refractivity contribution is 5.95. The van der Waals surface area contributed by atoms with Gasteiger partial charge >= 0.3 is 0 Å². The van der Waals surface area contributed by atoms with E-state index >= 15 is 0 Å². The Morgan fingerprint density at radius 1 is 0.833 bits per heavy atom. The van der Waals surface area contributed by atoms with E-state index in [-0.39, 0.29) is 23.8 Å². The van der Waals surface area contributed by atoms with Crippen molar-refractivity contribution in [3.63, 3.8) is 0 Å². The molecule has 0 unspecified atom stereocenters. The Balaban J connectivity index is 1.56. The molecule has 1 aromatic heterocycles. The second-order valence-corrected chi connectivity index (χ2v) is 7.10. The maximum Gasteiger partial charge on any atom is 0.240 e. The zero-order valence-corrected chi connectivity index (χ0v) is 16.5. The van der Waals surface area contributed by atoms with E-state index in [2.05, 4.69) is 10.6 Å². The summed E-state index contributed by atoms with van der Waals surface area (Å²) in [6, 6.07) is 22.0. The molecular formula is C24H21N3O3. The van der Waals surface area contributed by atoms with Crippen molar-refractivity contribution in [2.75, 3.05) is 5.32 Å². The molecule has 0 saturated carbocycles. The first kappa shape index (κ1) is 19.4. The van der Waals surface area contributed by atoms with Gasteiger partial charge in [-0.25, -0.2) is 0 Å². The van der Waals surface area contributed by atoms with Gasteiger partial charge in [0.1, 0.15) is 6.54 Å². The molecule has 0 aliphatic rings. The minimum Gasteiger partial charge on any atom is -0.350 e. The quantitative estimate of drug-likeness (QED) is 0.505. The van der Waals surface area contributed by atoms with Crippen LogP contribution in [0, 0.1) is 0 Å². The van der Waals surface area contributed by atoms with Gasteiger partial charge in [0.05, 0.1) is 11.0 Å². The molecule has 1 heterocycles. The van der Waals surface area contributed by atoms with Crippen LogP contribution in [0.1, 0.15) is 12.5 Å². The number of carbonyl (C=O) groups excluding carboxylic acids is 2. The van der Waals surface area contributed by atoms with Crippen LogP contribution in [-0.2, 0) is 22.7 Å². The largest absolute Gasteiger partial charge is 0.350 e. The van der Waals surface area contributed by atoms with Crippen LogP contribution < -0.4 is 16.1 Å². The SMILES string of the molecule is CC(=O)Nc1ccc(CNC(=O)Cn2c3ccccc3c(=O)c3ccccc32)cc1. The van der Waals surface area contributed by atoms with E-state index in [9.17, 15) is 14.4 Å². The first-order valence-electron chi connectivity index (χ1n) is 9.66. The van der Waals surface area contributed by atoms with Gasteiger partial charge in [-0.2, -0.15) is 0 Å². The van der Waals surface area contributed by atoms with Crippen molar-refractivity contribution in [1.29, 1.82) is 0 Å². The number of fused-ring (bicyclic) bond motifs is 2. The number of rotatable bonds is 5. The van der Waals surface area contributed by atoms with Gasteiger partial charge in [-0.15, -0.1) is 0 Å². The van der Waals surface area contributed by atoms with E-state index < -0.39 is 0 Å². The summed E-state index contributed by atoms with van der Waals surface area (Å²) in [5, 5.41) is 6.83. The van der Waals surface area contributed by atoms with Gasteiger partial charge in [0.2, 0.25) is 11.8 Å². The first-order chi connectivity index (χ1) is 14.5. The van der Waals surface area contributed by atoms with Crippen LogP contribution in [0.5, 0.6) is 0 Å². The van der Waals surface area contributed by atoms with Gasteiger partial charge < -0.3 is 15.2 Å². The van der Waals surface area contributed by atoms with Crippen LogP contribution in [0.15, 0.2) is 77.6 Å². The average Bonchev–Trinajstić information content (AvgIpc) is 2.76. The Labute approximate surface area is 173 Å². The number of benzene rings is 3. The molecule has 30 heavy (non-hydrogen) atoms. The van der Waals surface area contributed by atoms with E-state index in [1.807, 2.05) is 53.1 Å². The highest BCUT2D eigenvalue weighted by Crippen LogP contribution is 2.19. The van der Waals surface area contributed by atoms with Crippen molar-refractivity contribution in [2.24, 2.45) is 0 Å². The first-order valence-corrected chi connectivity index (χ1v) is 9.66. The summed E-state index contributed by atoms with van der Waals surface area (Å²) < 4.78 is 1.88. The molecule has 0 radical (unpaired) electrons. The second kappa shape index (κ2) is 8.21. The van der Waals surface area contributed by atoms with E-state index in [4.69, 9.17) is 0 Å². The third-order valence-corrected chi connectivity index (χ3v) is 4.94. The molecule has 0 bridgehead atoms. The summed E-state index contributed by atoms with van der Waals surface area (Å²) in [7, 11) is 0. The van der Waals surface area contributed by atoms with Crippen LogP contribution >= 0.6 is 0 Å². The molecule has 0 saturated heterocycles. The Morgan fingerprint density at radius 2 is 1.40 bits per heavy atom. The number of amides is 2. The van der Waals surface area contributed by atoms with Crippen LogP contribution in [0.3, 0.4) is 0 Å². The van der Waals surface area contributed by atoms with Crippen LogP contribution in [0.2, 0.25) is 0 Å². The lowest BCUT2D eigenvalue weighted by Crippen LogP contribution is -2.28. The molecule has 2 N–H and O–H groups in total. The fourth-order valence-electron chi connectivity index (χ4n) is 3.56. The smallest absolute Gasteiger partial charge is 0.240 e. The predicted octanol–water partition coefficient (Wildman–Crippen LogP) is 3.43. The predicted molar refractivity (Wildman–Crippen MR) is 118 cm³/mol. The molecule has 0 spiro atoms. The lowest BCUT2D eigenvalue weighted by atomic mass is 10.1. The normalized spacial score (nSPS) is 10.8. The Bertz CT molecular complexity index is 1250. The molecule has 0 fully saturated rings. The van der Waals surface area contributed by atoms with Crippen molar-refractivity contribution in [3.8, 4) is 0 Å². The van der Waals surface area contributed by atoms with E-state index in [1.165, 1.54) is 6.92 Å². The van der Waals surface area contributed by atoms with Gasteiger partial charge in [-0.3, -0.25) is 14.4 Å². The molecular weight excluding hydrogens is 378 g/mol. The Kier molecular flexibility index (Phi) is 5.30. The number of pyridine rings is 1. The Hall–Kier alpha value is -3.93. The summed E-state index contributed by atoms with van der Waals surface area (Å²) in [5.41, 5.74) is 3.07. The maximum absolute atomic E-state index is 12.8. The number of anilines is 1. The number of hydrogen-bond donors (Lipinski definition) is 2. The fraction of sp³-hybridized carbons (Fsp3) is 0.125. The van der Waals surface area contributed by atoms with Gasteiger partial charge in [-0.05, 0) is 42.0 Å². The van der Waals surface area contributed by atoms with Crippen LogP contribution in [0.25, 0.3) is 21.8 Å².